The van der Waals surface area contributed by atoms with Crippen LogP contribution in [0.1, 0.15) is 41.6 Å². The number of allylic oxidation sites excluding steroid dienone is 2. The van der Waals surface area contributed by atoms with Gasteiger partial charge >= 0.3 is 5.97 Å². The van der Waals surface area contributed by atoms with E-state index in [4.69, 9.17) is 4.74 Å². The van der Waals surface area contributed by atoms with Crippen LogP contribution < -0.4 is 0 Å². The van der Waals surface area contributed by atoms with Crippen molar-refractivity contribution in [3.05, 3.63) is 41.5 Å². The molecule has 0 heterocycles. The molecule has 0 spiro atoms. The lowest BCUT2D eigenvalue weighted by molar-refractivity contribution is -0.141. The SMILES string of the molecule is COC(=O)CC1CC=C(c2ccc(C=O)cc2)CC1. The number of aldehydes is 1. The first kappa shape index (κ1) is 13.5. The highest BCUT2D eigenvalue weighted by atomic mass is 16.5. The topological polar surface area (TPSA) is 43.4 Å². The number of ether oxygens (including phenoxy) is 1. The fourth-order valence-corrected chi connectivity index (χ4v) is 2.43. The summed E-state index contributed by atoms with van der Waals surface area (Å²) in [7, 11) is 1.43. The zero-order chi connectivity index (χ0) is 13.7. The van der Waals surface area contributed by atoms with Crippen LogP contribution in [0.5, 0.6) is 0 Å². The number of rotatable bonds is 4. The van der Waals surface area contributed by atoms with E-state index in [0.717, 1.165) is 25.5 Å². The van der Waals surface area contributed by atoms with Gasteiger partial charge in [-0.25, -0.2) is 0 Å². The van der Waals surface area contributed by atoms with Crippen LogP contribution in [0.2, 0.25) is 0 Å². The van der Waals surface area contributed by atoms with Gasteiger partial charge < -0.3 is 4.74 Å². The molecule has 100 valence electrons. The number of hydrogen-bond acceptors (Lipinski definition) is 3. The van der Waals surface area contributed by atoms with Gasteiger partial charge in [-0.2, -0.15) is 0 Å². The van der Waals surface area contributed by atoms with E-state index < -0.39 is 0 Å². The van der Waals surface area contributed by atoms with Crippen LogP contribution in [0.4, 0.5) is 0 Å². The Balaban J connectivity index is 1.99. The summed E-state index contributed by atoms with van der Waals surface area (Å²) >= 11 is 0. The monoisotopic (exact) mass is 258 g/mol. The molecule has 1 unspecified atom stereocenters. The molecule has 0 bridgehead atoms. The molecule has 1 atom stereocenters. The van der Waals surface area contributed by atoms with E-state index >= 15 is 0 Å². The molecule has 1 aliphatic rings. The molecular formula is C16H18O3. The molecule has 0 saturated carbocycles. The zero-order valence-corrected chi connectivity index (χ0v) is 11.1. The largest absolute Gasteiger partial charge is 0.469 e. The van der Waals surface area contributed by atoms with Crippen molar-refractivity contribution in [2.75, 3.05) is 7.11 Å². The van der Waals surface area contributed by atoms with E-state index in [1.807, 2.05) is 24.3 Å². The maximum Gasteiger partial charge on any atom is 0.305 e. The number of carbonyl (C=O) groups is 2. The van der Waals surface area contributed by atoms with E-state index in [-0.39, 0.29) is 5.97 Å². The van der Waals surface area contributed by atoms with Crippen LogP contribution in [0.15, 0.2) is 30.3 Å². The van der Waals surface area contributed by atoms with Crippen LogP contribution in [0.3, 0.4) is 0 Å². The molecule has 19 heavy (non-hydrogen) atoms. The highest BCUT2D eigenvalue weighted by molar-refractivity contribution is 5.76. The van der Waals surface area contributed by atoms with Gasteiger partial charge in [0.25, 0.3) is 0 Å². The lowest BCUT2D eigenvalue weighted by atomic mass is 9.85. The second kappa shape index (κ2) is 6.32. The quantitative estimate of drug-likeness (QED) is 0.615. The second-order valence-electron chi connectivity index (χ2n) is 4.89. The zero-order valence-electron chi connectivity index (χ0n) is 11.1. The van der Waals surface area contributed by atoms with E-state index in [9.17, 15) is 9.59 Å². The Bertz CT molecular complexity index is 485. The maximum atomic E-state index is 11.2. The van der Waals surface area contributed by atoms with Gasteiger partial charge in [0.15, 0.2) is 0 Å². The fraction of sp³-hybridized carbons (Fsp3) is 0.375. The molecule has 0 aromatic heterocycles. The third-order valence-electron chi connectivity index (χ3n) is 3.62. The van der Waals surface area contributed by atoms with Crippen molar-refractivity contribution in [2.24, 2.45) is 5.92 Å². The van der Waals surface area contributed by atoms with Crippen molar-refractivity contribution < 1.29 is 14.3 Å². The molecule has 0 amide bonds. The average molecular weight is 258 g/mol. The van der Waals surface area contributed by atoms with Gasteiger partial charge in [-0.3, -0.25) is 9.59 Å². The van der Waals surface area contributed by atoms with E-state index in [2.05, 4.69) is 6.08 Å². The number of esters is 1. The van der Waals surface area contributed by atoms with Gasteiger partial charge in [-0.1, -0.05) is 30.3 Å². The van der Waals surface area contributed by atoms with E-state index in [1.54, 1.807) is 0 Å². The highest BCUT2D eigenvalue weighted by Crippen LogP contribution is 2.31. The maximum absolute atomic E-state index is 11.2. The highest BCUT2D eigenvalue weighted by Gasteiger charge is 2.18. The minimum atomic E-state index is -0.128. The average Bonchev–Trinajstić information content (AvgIpc) is 2.48. The molecular weight excluding hydrogens is 240 g/mol. The Hall–Kier alpha value is -1.90. The first-order valence-electron chi connectivity index (χ1n) is 6.54. The van der Waals surface area contributed by atoms with E-state index in [0.29, 0.717) is 17.9 Å². The first-order valence-corrected chi connectivity index (χ1v) is 6.54. The van der Waals surface area contributed by atoms with Crippen LogP contribution in [0, 0.1) is 5.92 Å². The first-order chi connectivity index (χ1) is 9.22. The molecule has 0 aliphatic heterocycles. The van der Waals surface area contributed by atoms with Gasteiger partial charge in [0.05, 0.1) is 7.11 Å². The normalized spacial score (nSPS) is 18.6. The van der Waals surface area contributed by atoms with Gasteiger partial charge in [0, 0.05) is 12.0 Å². The van der Waals surface area contributed by atoms with Gasteiger partial charge in [-0.15, -0.1) is 0 Å². The van der Waals surface area contributed by atoms with Crippen molar-refractivity contribution in [3.8, 4) is 0 Å². The summed E-state index contributed by atoms with van der Waals surface area (Å²) in [4.78, 5) is 21.8. The van der Waals surface area contributed by atoms with Crippen LogP contribution in [-0.4, -0.2) is 19.4 Å². The van der Waals surface area contributed by atoms with Gasteiger partial charge in [-0.05, 0) is 36.3 Å². The summed E-state index contributed by atoms with van der Waals surface area (Å²) in [6.07, 6.45) is 6.46. The summed E-state index contributed by atoms with van der Waals surface area (Å²) in [6, 6.07) is 7.64. The molecule has 0 radical (unpaired) electrons. The lowest BCUT2D eigenvalue weighted by Gasteiger charge is -2.21. The third kappa shape index (κ3) is 3.53. The van der Waals surface area contributed by atoms with Crippen LogP contribution >= 0.6 is 0 Å². The number of methoxy groups -OCH3 is 1. The smallest absolute Gasteiger partial charge is 0.305 e. The Labute approximate surface area is 113 Å². The Kier molecular flexibility index (Phi) is 4.50. The van der Waals surface area contributed by atoms with E-state index in [1.165, 1.54) is 18.2 Å². The predicted molar refractivity (Wildman–Crippen MR) is 73.8 cm³/mol. The molecule has 0 fully saturated rings. The fourth-order valence-electron chi connectivity index (χ4n) is 2.43. The molecule has 3 heteroatoms. The molecule has 2 rings (SSSR count). The molecule has 3 nitrogen and oxygen atoms in total. The number of benzene rings is 1. The standard InChI is InChI=1S/C16H18O3/c1-19-16(18)10-12-2-6-14(7-3-12)15-8-4-13(11-17)5-9-15/h4-6,8-9,11-12H,2-3,7,10H2,1H3. The summed E-state index contributed by atoms with van der Waals surface area (Å²) in [5, 5.41) is 0. The van der Waals surface area contributed by atoms with Gasteiger partial charge in [0.1, 0.15) is 6.29 Å². The molecule has 1 aromatic carbocycles. The molecule has 0 saturated heterocycles. The minimum absolute atomic E-state index is 0.128. The van der Waals surface area contributed by atoms with Crippen molar-refractivity contribution in [1.82, 2.24) is 0 Å². The summed E-state index contributed by atoms with van der Waals surface area (Å²) in [5.41, 5.74) is 3.17. The Morgan fingerprint density at radius 3 is 2.63 bits per heavy atom. The van der Waals surface area contributed by atoms with Crippen molar-refractivity contribution in [2.45, 2.75) is 25.7 Å². The van der Waals surface area contributed by atoms with Crippen molar-refractivity contribution in [1.29, 1.82) is 0 Å². The third-order valence-corrected chi connectivity index (χ3v) is 3.62. The minimum Gasteiger partial charge on any atom is -0.469 e. The summed E-state index contributed by atoms with van der Waals surface area (Å²) < 4.78 is 4.70. The van der Waals surface area contributed by atoms with Crippen LogP contribution in [-0.2, 0) is 9.53 Å². The number of hydrogen-bond donors (Lipinski definition) is 0. The molecule has 1 aliphatic carbocycles. The van der Waals surface area contributed by atoms with Gasteiger partial charge in [0.2, 0.25) is 0 Å². The summed E-state index contributed by atoms with van der Waals surface area (Å²) in [5.74, 6) is 0.266. The molecule has 0 N–H and O–H groups in total. The van der Waals surface area contributed by atoms with Crippen LogP contribution in [0.25, 0.3) is 5.57 Å². The number of carbonyl (C=O) groups excluding carboxylic acids is 2. The lowest BCUT2D eigenvalue weighted by Crippen LogP contribution is -2.12. The van der Waals surface area contributed by atoms with Crippen molar-refractivity contribution in [3.63, 3.8) is 0 Å². The second-order valence-corrected chi connectivity index (χ2v) is 4.89. The Morgan fingerprint density at radius 1 is 1.37 bits per heavy atom. The van der Waals surface area contributed by atoms with Crippen molar-refractivity contribution >= 4 is 17.8 Å². The summed E-state index contributed by atoms with van der Waals surface area (Å²) in [6.45, 7) is 0. The predicted octanol–water partition coefficient (Wildman–Crippen LogP) is 3.25. The Morgan fingerprint density at radius 2 is 2.11 bits per heavy atom. The molecule has 1 aromatic rings.